The molecule has 1 atom stereocenters. The Morgan fingerprint density at radius 2 is 2.00 bits per heavy atom. The number of rotatable bonds is 1. The highest BCUT2D eigenvalue weighted by Crippen LogP contribution is 2.17. The van der Waals surface area contributed by atoms with Crippen LogP contribution in [-0.2, 0) is 4.74 Å². The van der Waals surface area contributed by atoms with Gasteiger partial charge in [0.25, 0.3) is 5.91 Å². The Hall–Kier alpha value is -1.75. The third kappa shape index (κ3) is 2.50. The number of amides is 1. The van der Waals surface area contributed by atoms with E-state index in [1.165, 1.54) is 0 Å². The van der Waals surface area contributed by atoms with E-state index >= 15 is 0 Å². The lowest BCUT2D eigenvalue weighted by Crippen LogP contribution is -2.47. The monoisotopic (exact) mass is 235 g/mol. The number of nitrogen functional groups attached to an aromatic ring is 2. The SMILES string of the molecule is C[C@@H]1COCCN1C(=O)c1cc(N)cc(N)c1. The van der Waals surface area contributed by atoms with Crippen molar-refractivity contribution in [2.45, 2.75) is 13.0 Å². The summed E-state index contributed by atoms with van der Waals surface area (Å²) in [6, 6.07) is 5.03. The van der Waals surface area contributed by atoms with E-state index in [4.69, 9.17) is 16.2 Å². The summed E-state index contributed by atoms with van der Waals surface area (Å²) >= 11 is 0. The molecule has 1 aromatic rings. The van der Waals surface area contributed by atoms with Crippen LogP contribution in [0.15, 0.2) is 18.2 Å². The van der Waals surface area contributed by atoms with E-state index in [-0.39, 0.29) is 11.9 Å². The number of ether oxygens (including phenoxy) is 1. The molecule has 0 spiro atoms. The minimum atomic E-state index is -0.0419. The first-order valence-corrected chi connectivity index (χ1v) is 5.62. The third-order valence-electron chi connectivity index (χ3n) is 2.85. The third-order valence-corrected chi connectivity index (χ3v) is 2.85. The fraction of sp³-hybridized carbons (Fsp3) is 0.417. The van der Waals surface area contributed by atoms with E-state index in [9.17, 15) is 4.79 Å². The molecule has 4 N–H and O–H groups in total. The lowest BCUT2D eigenvalue weighted by atomic mass is 10.1. The molecule has 1 saturated heterocycles. The molecule has 2 rings (SSSR count). The molecule has 0 saturated carbocycles. The van der Waals surface area contributed by atoms with Crippen molar-refractivity contribution in [3.63, 3.8) is 0 Å². The number of nitrogens with two attached hydrogens (primary N) is 2. The molecule has 0 bridgehead atoms. The van der Waals surface area contributed by atoms with Crippen LogP contribution >= 0.6 is 0 Å². The van der Waals surface area contributed by atoms with Gasteiger partial charge in [-0.05, 0) is 25.1 Å². The Labute approximate surface area is 100 Å². The summed E-state index contributed by atoms with van der Waals surface area (Å²) in [7, 11) is 0. The van der Waals surface area contributed by atoms with Crippen molar-refractivity contribution in [3.8, 4) is 0 Å². The van der Waals surface area contributed by atoms with Crippen molar-refractivity contribution in [3.05, 3.63) is 23.8 Å². The van der Waals surface area contributed by atoms with Crippen LogP contribution in [-0.4, -0.2) is 36.6 Å². The van der Waals surface area contributed by atoms with Crippen LogP contribution in [0.4, 0.5) is 11.4 Å². The number of hydrogen-bond acceptors (Lipinski definition) is 4. The van der Waals surface area contributed by atoms with Gasteiger partial charge in [0.15, 0.2) is 0 Å². The molecule has 1 heterocycles. The van der Waals surface area contributed by atoms with Crippen LogP contribution in [0.1, 0.15) is 17.3 Å². The zero-order valence-corrected chi connectivity index (χ0v) is 9.85. The van der Waals surface area contributed by atoms with Crippen molar-refractivity contribution in [1.82, 2.24) is 4.90 Å². The van der Waals surface area contributed by atoms with E-state index in [1.807, 2.05) is 6.92 Å². The molecule has 5 nitrogen and oxygen atoms in total. The predicted molar refractivity (Wildman–Crippen MR) is 66.6 cm³/mol. The van der Waals surface area contributed by atoms with Gasteiger partial charge < -0.3 is 21.1 Å². The van der Waals surface area contributed by atoms with Crippen molar-refractivity contribution in [2.24, 2.45) is 0 Å². The van der Waals surface area contributed by atoms with Crippen LogP contribution in [0, 0.1) is 0 Å². The first-order chi connectivity index (χ1) is 8.08. The lowest BCUT2D eigenvalue weighted by molar-refractivity contribution is 0.00360. The number of morpholine rings is 1. The van der Waals surface area contributed by atoms with Gasteiger partial charge in [-0.2, -0.15) is 0 Å². The van der Waals surface area contributed by atoms with Gasteiger partial charge in [0.1, 0.15) is 0 Å². The molecular formula is C12H17N3O2. The highest BCUT2D eigenvalue weighted by atomic mass is 16.5. The normalized spacial score (nSPS) is 20.3. The van der Waals surface area contributed by atoms with Gasteiger partial charge in [-0.15, -0.1) is 0 Å². The summed E-state index contributed by atoms with van der Waals surface area (Å²) in [5, 5.41) is 0. The van der Waals surface area contributed by atoms with Gasteiger partial charge >= 0.3 is 0 Å². The Bertz CT molecular complexity index is 414. The molecule has 0 radical (unpaired) electrons. The number of anilines is 2. The number of benzene rings is 1. The second-order valence-corrected chi connectivity index (χ2v) is 4.31. The largest absolute Gasteiger partial charge is 0.399 e. The maximum atomic E-state index is 12.3. The van der Waals surface area contributed by atoms with E-state index in [1.54, 1.807) is 23.1 Å². The summed E-state index contributed by atoms with van der Waals surface area (Å²) in [6.45, 7) is 3.72. The molecule has 0 unspecified atom stereocenters. The minimum absolute atomic E-state index is 0.0419. The van der Waals surface area contributed by atoms with Gasteiger partial charge in [-0.25, -0.2) is 0 Å². The Balaban J connectivity index is 2.23. The fourth-order valence-electron chi connectivity index (χ4n) is 1.99. The molecule has 1 amide bonds. The van der Waals surface area contributed by atoms with E-state index in [0.717, 1.165) is 0 Å². The molecule has 1 aromatic carbocycles. The molecular weight excluding hydrogens is 218 g/mol. The van der Waals surface area contributed by atoms with Crippen LogP contribution in [0.25, 0.3) is 0 Å². The summed E-state index contributed by atoms with van der Waals surface area (Å²) < 4.78 is 5.30. The first kappa shape index (κ1) is 11.7. The molecule has 1 aliphatic rings. The van der Waals surface area contributed by atoms with Crippen molar-refractivity contribution < 1.29 is 9.53 Å². The number of carbonyl (C=O) groups is 1. The van der Waals surface area contributed by atoms with Crippen LogP contribution in [0.2, 0.25) is 0 Å². The van der Waals surface area contributed by atoms with Crippen molar-refractivity contribution in [2.75, 3.05) is 31.2 Å². The second-order valence-electron chi connectivity index (χ2n) is 4.31. The summed E-state index contributed by atoms with van der Waals surface area (Å²) in [5.41, 5.74) is 12.9. The maximum absolute atomic E-state index is 12.3. The molecule has 0 aliphatic carbocycles. The Morgan fingerprint density at radius 1 is 1.35 bits per heavy atom. The van der Waals surface area contributed by atoms with Crippen molar-refractivity contribution in [1.29, 1.82) is 0 Å². The maximum Gasteiger partial charge on any atom is 0.254 e. The Morgan fingerprint density at radius 3 is 2.59 bits per heavy atom. The first-order valence-electron chi connectivity index (χ1n) is 5.62. The van der Waals surface area contributed by atoms with Gasteiger partial charge in [0.05, 0.1) is 19.3 Å². The fourth-order valence-corrected chi connectivity index (χ4v) is 1.99. The van der Waals surface area contributed by atoms with E-state index < -0.39 is 0 Å². The van der Waals surface area contributed by atoms with Gasteiger partial charge in [0, 0.05) is 23.5 Å². The topological polar surface area (TPSA) is 81.6 Å². The molecule has 0 aromatic heterocycles. The zero-order valence-electron chi connectivity index (χ0n) is 9.85. The lowest BCUT2D eigenvalue weighted by Gasteiger charge is -2.33. The van der Waals surface area contributed by atoms with Crippen LogP contribution < -0.4 is 11.5 Å². The average Bonchev–Trinajstić information content (AvgIpc) is 2.27. The summed E-state index contributed by atoms with van der Waals surface area (Å²) in [5.74, 6) is -0.0419. The van der Waals surface area contributed by atoms with Crippen molar-refractivity contribution >= 4 is 17.3 Å². The highest BCUT2D eigenvalue weighted by molar-refractivity contribution is 5.96. The number of nitrogens with zero attached hydrogens (tertiary/aromatic N) is 1. The van der Waals surface area contributed by atoms with Gasteiger partial charge in [-0.1, -0.05) is 0 Å². The van der Waals surface area contributed by atoms with Gasteiger partial charge in [-0.3, -0.25) is 4.79 Å². The van der Waals surface area contributed by atoms with E-state index in [2.05, 4.69) is 0 Å². The smallest absolute Gasteiger partial charge is 0.254 e. The molecule has 17 heavy (non-hydrogen) atoms. The Kier molecular flexibility index (Phi) is 3.19. The molecule has 92 valence electrons. The van der Waals surface area contributed by atoms with Crippen LogP contribution in [0.5, 0.6) is 0 Å². The van der Waals surface area contributed by atoms with E-state index in [0.29, 0.717) is 36.7 Å². The highest BCUT2D eigenvalue weighted by Gasteiger charge is 2.24. The zero-order chi connectivity index (χ0) is 12.4. The average molecular weight is 235 g/mol. The summed E-state index contributed by atoms with van der Waals surface area (Å²) in [6.07, 6.45) is 0. The molecule has 1 aliphatic heterocycles. The number of carbonyl (C=O) groups excluding carboxylic acids is 1. The second kappa shape index (κ2) is 4.63. The van der Waals surface area contributed by atoms with Crippen LogP contribution in [0.3, 0.4) is 0 Å². The number of hydrogen-bond donors (Lipinski definition) is 2. The predicted octanol–water partition coefficient (Wildman–Crippen LogP) is 0.712. The molecule has 1 fully saturated rings. The standard InChI is InChI=1S/C12H17N3O2/c1-8-7-17-3-2-15(8)12(16)9-4-10(13)6-11(14)5-9/h4-6,8H,2-3,7,13-14H2,1H3/t8-/m1/s1. The minimum Gasteiger partial charge on any atom is -0.399 e. The van der Waals surface area contributed by atoms with Gasteiger partial charge in [0.2, 0.25) is 0 Å². The molecule has 5 heteroatoms. The quantitative estimate of drug-likeness (QED) is 0.702. The summed E-state index contributed by atoms with van der Waals surface area (Å²) in [4.78, 5) is 14.1.